The Balaban J connectivity index is 1.39. The molecule has 3 aromatic rings. The van der Waals surface area contributed by atoms with E-state index in [9.17, 15) is 9.59 Å². The van der Waals surface area contributed by atoms with Gasteiger partial charge in [-0.25, -0.2) is 4.98 Å². The lowest BCUT2D eigenvalue weighted by molar-refractivity contribution is -0.129. The number of rotatable bonds is 5. The quantitative estimate of drug-likeness (QED) is 0.747. The Morgan fingerprint density at radius 1 is 1.14 bits per heavy atom. The summed E-state index contributed by atoms with van der Waals surface area (Å²) in [7, 11) is 0. The molecule has 0 radical (unpaired) electrons. The Kier molecular flexibility index (Phi) is 4.93. The topological polar surface area (TPSA) is 66.7 Å². The number of carbonyl (C=O) groups is 2. The summed E-state index contributed by atoms with van der Waals surface area (Å²) in [5.41, 5.74) is 3.87. The number of carbonyl (C=O) groups excluding carboxylic acids is 2. The van der Waals surface area contributed by atoms with Gasteiger partial charge >= 0.3 is 0 Å². The van der Waals surface area contributed by atoms with Gasteiger partial charge in [0.25, 0.3) is 0 Å². The first-order valence-electron chi connectivity index (χ1n) is 9.37. The van der Waals surface area contributed by atoms with E-state index in [1.807, 2.05) is 65.3 Å². The predicted molar refractivity (Wildman–Crippen MR) is 107 cm³/mol. The fourth-order valence-electron chi connectivity index (χ4n) is 3.60. The molecule has 1 aromatic carbocycles. The number of amides is 2. The summed E-state index contributed by atoms with van der Waals surface area (Å²) in [6, 6.07) is 13.4. The van der Waals surface area contributed by atoms with Crippen LogP contribution in [0.4, 0.5) is 0 Å². The molecule has 6 nitrogen and oxygen atoms in total. The SMILES string of the molecule is CC(=O)N1C=Cc2ccccc2[C@@H]1CC(=O)NCCc1cn2ccccc2n1. The number of imidazole rings is 1. The second-order valence-corrected chi connectivity index (χ2v) is 6.89. The fraction of sp³-hybridized carbons (Fsp3) is 0.227. The molecule has 2 aromatic heterocycles. The molecule has 142 valence electrons. The second-order valence-electron chi connectivity index (χ2n) is 6.89. The molecule has 0 aliphatic carbocycles. The first kappa shape index (κ1) is 18.0. The Hall–Kier alpha value is -3.41. The van der Waals surface area contributed by atoms with Gasteiger partial charge in [0.1, 0.15) is 5.65 Å². The minimum Gasteiger partial charge on any atom is -0.356 e. The fourth-order valence-corrected chi connectivity index (χ4v) is 3.60. The third-order valence-corrected chi connectivity index (χ3v) is 4.97. The van der Waals surface area contributed by atoms with E-state index in [4.69, 9.17) is 0 Å². The Bertz CT molecular complexity index is 1020. The summed E-state index contributed by atoms with van der Waals surface area (Å²) < 4.78 is 1.97. The number of hydrogen-bond acceptors (Lipinski definition) is 3. The molecule has 28 heavy (non-hydrogen) atoms. The maximum Gasteiger partial charge on any atom is 0.223 e. The number of hydrogen-bond donors (Lipinski definition) is 1. The van der Waals surface area contributed by atoms with Gasteiger partial charge in [-0.05, 0) is 29.3 Å². The monoisotopic (exact) mass is 374 g/mol. The molecule has 1 aliphatic heterocycles. The van der Waals surface area contributed by atoms with Gasteiger partial charge in [0.05, 0.1) is 18.2 Å². The van der Waals surface area contributed by atoms with Crippen LogP contribution in [0.1, 0.15) is 36.2 Å². The van der Waals surface area contributed by atoms with Crippen molar-refractivity contribution >= 4 is 23.5 Å². The number of fused-ring (bicyclic) bond motifs is 2. The minimum absolute atomic E-state index is 0.0757. The molecule has 0 fully saturated rings. The van der Waals surface area contributed by atoms with E-state index in [0.717, 1.165) is 22.5 Å². The van der Waals surface area contributed by atoms with Crippen LogP contribution in [0, 0.1) is 0 Å². The van der Waals surface area contributed by atoms with Crippen molar-refractivity contribution in [3.8, 4) is 0 Å². The van der Waals surface area contributed by atoms with E-state index in [2.05, 4.69) is 10.3 Å². The van der Waals surface area contributed by atoms with Crippen molar-refractivity contribution in [3.05, 3.63) is 77.9 Å². The first-order valence-corrected chi connectivity index (χ1v) is 9.37. The Morgan fingerprint density at radius 3 is 2.79 bits per heavy atom. The van der Waals surface area contributed by atoms with Crippen LogP contribution >= 0.6 is 0 Å². The van der Waals surface area contributed by atoms with E-state index in [0.29, 0.717) is 13.0 Å². The van der Waals surface area contributed by atoms with E-state index >= 15 is 0 Å². The summed E-state index contributed by atoms with van der Waals surface area (Å²) in [6.07, 6.45) is 8.49. The lowest BCUT2D eigenvalue weighted by Crippen LogP contribution is -2.35. The molecule has 2 amide bonds. The summed E-state index contributed by atoms with van der Waals surface area (Å²) in [6.45, 7) is 2.03. The van der Waals surface area contributed by atoms with Gasteiger partial charge < -0.3 is 14.6 Å². The largest absolute Gasteiger partial charge is 0.356 e. The summed E-state index contributed by atoms with van der Waals surface area (Å²) in [5, 5.41) is 2.96. The average Bonchev–Trinajstić information content (AvgIpc) is 3.10. The zero-order valence-electron chi connectivity index (χ0n) is 15.7. The molecule has 1 atom stereocenters. The Morgan fingerprint density at radius 2 is 1.96 bits per heavy atom. The first-order chi connectivity index (χ1) is 13.6. The van der Waals surface area contributed by atoms with E-state index in [-0.39, 0.29) is 24.3 Å². The second kappa shape index (κ2) is 7.68. The summed E-state index contributed by atoms with van der Waals surface area (Å²) >= 11 is 0. The highest BCUT2D eigenvalue weighted by atomic mass is 16.2. The van der Waals surface area contributed by atoms with Crippen molar-refractivity contribution in [1.29, 1.82) is 0 Å². The highest BCUT2D eigenvalue weighted by molar-refractivity contribution is 5.81. The van der Waals surface area contributed by atoms with Crippen molar-refractivity contribution in [2.24, 2.45) is 0 Å². The van der Waals surface area contributed by atoms with E-state index in [1.165, 1.54) is 6.92 Å². The molecule has 6 heteroatoms. The number of pyridine rings is 1. The molecule has 0 spiro atoms. The lowest BCUT2D eigenvalue weighted by atomic mass is 9.93. The maximum absolute atomic E-state index is 12.6. The molecule has 1 aliphatic rings. The molecule has 3 heterocycles. The molecule has 0 saturated carbocycles. The normalized spacial score (nSPS) is 15.5. The maximum atomic E-state index is 12.6. The van der Waals surface area contributed by atoms with Gasteiger partial charge in [0.15, 0.2) is 0 Å². The van der Waals surface area contributed by atoms with Crippen LogP contribution < -0.4 is 5.32 Å². The van der Waals surface area contributed by atoms with Gasteiger partial charge in [0.2, 0.25) is 11.8 Å². The van der Waals surface area contributed by atoms with Crippen molar-refractivity contribution in [3.63, 3.8) is 0 Å². The molecule has 0 saturated heterocycles. The molecular formula is C22H22N4O2. The summed E-state index contributed by atoms with van der Waals surface area (Å²) in [4.78, 5) is 30.7. The molecule has 0 unspecified atom stereocenters. The minimum atomic E-state index is -0.283. The van der Waals surface area contributed by atoms with Crippen molar-refractivity contribution < 1.29 is 9.59 Å². The van der Waals surface area contributed by atoms with Gasteiger partial charge in [0, 0.05) is 38.5 Å². The van der Waals surface area contributed by atoms with Gasteiger partial charge in [-0.3, -0.25) is 9.59 Å². The van der Waals surface area contributed by atoms with Gasteiger partial charge in [-0.1, -0.05) is 30.3 Å². The van der Waals surface area contributed by atoms with Crippen molar-refractivity contribution in [1.82, 2.24) is 19.6 Å². The molecule has 0 bridgehead atoms. The third-order valence-electron chi connectivity index (χ3n) is 4.97. The smallest absolute Gasteiger partial charge is 0.223 e. The van der Waals surface area contributed by atoms with Crippen LogP contribution in [0.5, 0.6) is 0 Å². The van der Waals surface area contributed by atoms with Crippen LogP contribution in [0.25, 0.3) is 11.7 Å². The van der Waals surface area contributed by atoms with Crippen LogP contribution in [0.3, 0.4) is 0 Å². The molecular weight excluding hydrogens is 352 g/mol. The molecule has 1 N–H and O–H groups in total. The van der Waals surface area contributed by atoms with Crippen molar-refractivity contribution in [2.45, 2.75) is 25.8 Å². The number of nitrogens with one attached hydrogen (secondary N) is 1. The van der Waals surface area contributed by atoms with Crippen LogP contribution in [-0.2, 0) is 16.0 Å². The highest BCUT2D eigenvalue weighted by Crippen LogP contribution is 2.32. The van der Waals surface area contributed by atoms with Gasteiger partial charge in [-0.2, -0.15) is 0 Å². The molecule has 4 rings (SSSR count). The third kappa shape index (κ3) is 3.67. The van der Waals surface area contributed by atoms with Crippen molar-refractivity contribution in [2.75, 3.05) is 6.54 Å². The van der Waals surface area contributed by atoms with Gasteiger partial charge in [-0.15, -0.1) is 0 Å². The van der Waals surface area contributed by atoms with Crippen LogP contribution in [0.2, 0.25) is 0 Å². The zero-order valence-corrected chi connectivity index (χ0v) is 15.7. The summed E-state index contributed by atoms with van der Waals surface area (Å²) in [5.74, 6) is -0.154. The number of nitrogens with zero attached hydrogens (tertiary/aromatic N) is 3. The Labute approximate surface area is 163 Å². The van der Waals surface area contributed by atoms with Crippen LogP contribution in [-0.4, -0.2) is 32.6 Å². The standard InChI is InChI=1S/C22H22N4O2/c1-16(27)26-13-10-17-6-2-3-7-19(17)20(26)14-22(28)23-11-9-18-15-25-12-5-4-8-21(25)24-18/h2-8,10,12-13,15,20H,9,11,14H2,1H3,(H,23,28)/t20-/m0/s1. The van der Waals surface area contributed by atoms with E-state index < -0.39 is 0 Å². The highest BCUT2D eigenvalue weighted by Gasteiger charge is 2.27. The number of aromatic nitrogens is 2. The van der Waals surface area contributed by atoms with Crippen LogP contribution in [0.15, 0.2) is 61.1 Å². The zero-order chi connectivity index (χ0) is 19.5. The lowest BCUT2D eigenvalue weighted by Gasteiger charge is -2.32. The number of benzene rings is 1. The predicted octanol–water partition coefficient (Wildman–Crippen LogP) is 2.96. The van der Waals surface area contributed by atoms with E-state index in [1.54, 1.807) is 11.1 Å². The average molecular weight is 374 g/mol.